The summed E-state index contributed by atoms with van der Waals surface area (Å²) >= 11 is 0. The molecule has 1 aliphatic rings. The van der Waals surface area contributed by atoms with Crippen LogP contribution in [0, 0.1) is 12.7 Å². The highest BCUT2D eigenvalue weighted by Crippen LogP contribution is 2.29. The molecule has 4 rings (SSSR count). The number of anilines is 2. The fourth-order valence-electron chi connectivity index (χ4n) is 3.96. The maximum Gasteiger partial charge on any atom is 0.247 e. The van der Waals surface area contributed by atoms with Crippen molar-refractivity contribution in [2.75, 3.05) is 10.2 Å². The zero-order valence-corrected chi connectivity index (χ0v) is 17.0. The first-order valence-electron chi connectivity index (χ1n) is 10.1. The third-order valence-electron chi connectivity index (χ3n) is 5.49. The van der Waals surface area contributed by atoms with Gasteiger partial charge in [0.25, 0.3) is 0 Å². The number of nitrogens with zero attached hydrogens (tertiary/aromatic N) is 4. The van der Waals surface area contributed by atoms with Crippen LogP contribution in [0.1, 0.15) is 31.7 Å². The van der Waals surface area contributed by atoms with Gasteiger partial charge < -0.3 is 10.2 Å². The fraction of sp³-hybridized carbons (Fsp3) is 0.304. The van der Waals surface area contributed by atoms with E-state index < -0.39 is 5.82 Å². The molecule has 7 heteroatoms. The van der Waals surface area contributed by atoms with Crippen LogP contribution in [0.25, 0.3) is 11.4 Å². The Morgan fingerprint density at radius 3 is 2.67 bits per heavy atom. The van der Waals surface area contributed by atoms with Gasteiger partial charge in [-0.2, -0.15) is 0 Å². The summed E-state index contributed by atoms with van der Waals surface area (Å²) in [4.78, 5) is 27.9. The summed E-state index contributed by atoms with van der Waals surface area (Å²) in [6.07, 6.45) is 6.82. The molecule has 2 atom stereocenters. The molecule has 3 heterocycles. The summed E-state index contributed by atoms with van der Waals surface area (Å²) in [5.41, 5.74) is 2.36. The number of aryl methyl sites for hydroxylation is 1. The number of nitrogens with one attached hydrogen (secondary N) is 1. The Morgan fingerprint density at radius 1 is 1.13 bits per heavy atom. The number of piperidine rings is 1. The average Bonchev–Trinajstić information content (AvgIpc) is 2.76. The van der Waals surface area contributed by atoms with Gasteiger partial charge in [-0.3, -0.25) is 4.79 Å². The summed E-state index contributed by atoms with van der Waals surface area (Å²) in [6.45, 7) is 4.06. The normalized spacial score (nSPS) is 18.8. The van der Waals surface area contributed by atoms with E-state index in [2.05, 4.69) is 32.1 Å². The number of hydrogen-bond donors (Lipinski definition) is 1. The van der Waals surface area contributed by atoms with Gasteiger partial charge in [0.1, 0.15) is 11.9 Å². The van der Waals surface area contributed by atoms with Crippen molar-refractivity contribution in [2.45, 2.75) is 45.2 Å². The van der Waals surface area contributed by atoms with E-state index in [1.54, 1.807) is 6.20 Å². The van der Waals surface area contributed by atoms with E-state index >= 15 is 0 Å². The number of carbonyl (C=O) groups excluding carboxylic acids is 1. The van der Waals surface area contributed by atoms with Gasteiger partial charge in [0, 0.05) is 23.5 Å². The maximum atomic E-state index is 13.2. The van der Waals surface area contributed by atoms with E-state index in [1.807, 2.05) is 43.3 Å². The molecule has 1 aromatic carbocycles. The number of carbonyl (C=O) groups is 1. The maximum absolute atomic E-state index is 13.2. The molecular weight excluding hydrogens is 381 g/mol. The van der Waals surface area contributed by atoms with Gasteiger partial charge in [0.05, 0.1) is 12.4 Å². The van der Waals surface area contributed by atoms with Crippen molar-refractivity contribution < 1.29 is 9.18 Å². The number of halogens is 1. The quantitative estimate of drug-likeness (QED) is 0.698. The Balaban J connectivity index is 1.58. The molecule has 6 nitrogen and oxygen atoms in total. The van der Waals surface area contributed by atoms with Crippen molar-refractivity contribution in [3.8, 4) is 11.4 Å². The van der Waals surface area contributed by atoms with E-state index in [-0.39, 0.29) is 18.0 Å². The van der Waals surface area contributed by atoms with Gasteiger partial charge in [-0.1, -0.05) is 12.1 Å². The minimum absolute atomic E-state index is 0.0676. The summed E-state index contributed by atoms with van der Waals surface area (Å²) in [5.74, 6) is 0.685. The molecule has 30 heavy (non-hydrogen) atoms. The first-order valence-corrected chi connectivity index (χ1v) is 10.1. The Bertz CT molecular complexity index is 1030. The lowest BCUT2D eigenvalue weighted by Gasteiger charge is -2.40. The number of benzene rings is 1. The second-order valence-electron chi connectivity index (χ2n) is 7.63. The number of pyridine rings is 1. The molecule has 0 aliphatic carbocycles. The van der Waals surface area contributed by atoms with Gasteiger partial charge in [-0.15, -0.1) is 0 Å². The van der Waals surface area contributed by atoms with Crippen molar-refractivity contribution >= 4 is 17.4 Å². The number of amides is 1. The second-order valence-corrected chi connectivity index (χ2v) is 7.63. The van der Waals surface area contributed by atoms with Crippen LogP contribution in [-0.2, 0) is 4.79 Å². The number of hydrogen-bond acceptors (Lipinski definition) is 5. The molecule has 0 saturated carbocycles. The van der Waals surface area contributed by atoms with Crippen molar-refractivity contribution in [3.63, 3.8) is 0 Å². The van der Waals surface area contributed by atoms with Gasteiger partial charge >= 0.3 is 0 Å². The van der Waals surface area contributed by atoms with E-state index in [0.29, 0.717) is 11.5 Å². The fourth-order valence-corrected chi connectivity index (χ4v) is 3.96. The van der Waals surface area contributed by atoms with Gasteiger partial charge in [0.2, 0.25) is 5.91 Å². The highest BCUT2D eigenvalue weighted by atomic mass is 19.1. The van der Waals surface area contributed by atoms with Crippen molar-refractivity contribution in [1.82, 2.24) is 15.0 Å². The Kier molecular flexibility index (Phi) is 5.70. The third kappa shape index (κ3) is 4.15. The molecule has 154 valence electrons. The molecule has 1 aliphatic heterocycles. The molecule has 2 aromatic heterocycles. The molecule has 1 N–H and O–H groups in total. The molecule has 1 saturated heterocycles. The minimum Gasteiger partial charge on any atom is -0.342 e. The number of rotatable bonds is 4. The molecule has 0 unspecified atom stereocenters. The van der Waals surface area contributed by atoms with Crippen molar-refractivity contribution in [3.05, 3.63) is 66.4 Å². The van der Waals surface area contributed by atoms with Crippen molar-refractivity contribution in [1.29, 1.82) is 0 Å². The van der Waals surface area contributed by atoms with Crippen LogP contribution in [-0.4, -0.2) is 32.9 Å². The molecule has 1 fully saturated rings. The van der Waals surface area contributed by atoms with Gasteiger partial charge in [-0.05, 0) is 62.9 Å². The molecule has 3 aromatic rings. The summed E-state index contributed by atoms with van der Waals surface area (Å²) in [5, 5.41) is 3.04. The second kappa shape index (κ2) is 8.57. The minimum atomic E-state index is -0.484. The highest BCUT2D eigenvalue weighted by molar-refractivity contribution is 5.97. The Hall–Kier alpha value is -3.35. The predicted molar refractivity (Wildman–Crippen MR) is 115 cm³/mol. The van der Waals surface area contributed by atoms with Crippen LogP contribution >= 0.6 is 0 Å². The topological polar surface area (TPSA) is 71.0 Å². The lowest BCUT2D eigenvalue weighted by molar-refractivity contribution is -0.118. The van der Waals surface area contributed by atoms with Crippen LogP contribution in [0.3, 0.4) is 0 Å². The van der Waals surface area contributed by atoms with E-state index in [0.717, 1.165) is 48.6 Å². The lowest BCUT2D eigenvalue weighted by atomic mass is 9.95. The van der Waals surface area contributed by atoms with Gasteiger partial charge in [0.15, 0.2) is 11.6 Å². The highest BCUT2D eigenvalue weighted by Gasteiger charge is 2.33. The summed E-state index contributed by atoms with van der Waals surface area (Å²) in [6, 6.07) is 11.3. The SMILES string of the molecule is Cc1ccc(NC(=O)[C@H]2CCC[C@H](C)N2c2ccccn2)cc1-c1ncc(F)cn1. The van der Waals surface area contributed by atoms with Crippen LogP contribution in [0.15, 0.2) is 55.0 Å². The van der Waals surface area contributed by atoms with E-state index in [4.69, 9.17) is 0 Å². The van der Waals surface area contributed by atoms with Gasteiger partial charge in [-0.25, -0.2) is 19.3 Å². The van der Waals surface area contributed by atoms with Crippen LogP contribution in [0.4, 0.5) is 15.9 Å². The predicted octanol–water partition coefficient (Wildman–Crippen LogP) is 4.37. The lowest BCUT2D eigenvalue weighted by Crippen LogP contribution is -2.51. The standard InChI is InChI=1S/C23H24FN5O/c1-15-9-10-18(12-19(15)22-26-13-17(24)14-27-22)28-23(30)20-7-5-6-16(2)29(20)21-8-3-4-11-25-21/h3-4,8-14,16,20H,5-7H2,1-2H3,(H,28,30)/t16-,20+/m0/s1. The smallest absolute Gasteiger partial charge is 0.247 e. The van der Waals surface area contributed by atoms with E-state index in [1.165, 1.54) is 0 Å². The van der Waals surface area contributed by atoms with Crippen molar-refractivity contribution in [2.24, 2.45) is 0 Å². The van der Waals surface area contributed by atoms with E-state index in [9.17, 15) is 9.18 Å². The monoisotopic (exact) mass is 405 g/mol. The zero-order chi connectivity index (χ0) is 21.1. The Labute approximate surface area is 175 Å². The molecule has 0 spiro atoms. The number of aromatic nitrogens is 3. The zero-order valence-electron chi connectivity index (χ0n) is 17.0. The summed E-state index contributed by atoms with van der Waals surface area (Å²) < 4.78 is 13.2. The largest absolute Gasteiger partial charge is 0.342 e. The summed E-state index contributed by atoms with van der Waals surface area (Å²) in [7, 11) is 0. The van der Waals surface area contributed by atoms with Crippen LogP contribution in [0.2, 0.25) is 0 Å². The molecular formula is C23H24FN5O. The third-order valence-corrected chi connectivity index (χ3v) is 5.49. The van der Waals surface area contributed by atoms with Crippen LogP contribution in [0.5, 0.6) is 0 Å². The average molecular weight is 405 g/mol. The van der Waals surface area contributed by atoms with Crippen LogP contribution < -0.4 is 10.2 Å². The molecule has 0 bridgehead atoms. The molecule has 1 amide bonds. The molecule has 0 radical (unpaired) electrons. The first-order chi connectivity index (χ1) is 14.5. The Morgan fingerprint density at radius 2 is 1.93 bits per heavy atom. The first kappa shape index (κ1) is 19.9.